The van der Waals surface area contributed by atoms with Gasteiger partial charge in [0.15, 0.2) is 0 Å². The van der Waals surface area contributed by atoms with Crippen molar-refractivity contribution in [3.63, 3.8) is 0 Å². The highest BCUT2D eigenvalue weighted by molar-refractivity contribution is 5.97. The van der Waals surface area contributed by atoms with Crippen molar-refractivity contribution in [3.05, 3.63) is 72.3 Å². The molecule has 10 heteroatoms. The number of benzene rings is 3. The van der Waals surface area contributed by atoms with E-state index in [9.17, 15) is 14.4 Å². The van der Waals surface area contributed by atoms with Crippen molar-refractivity contribution in [1.82, 2.24) is 15.1 Å². The standard InChI is InChI=1S/C33H41N5O5/c1-33(2,3)30(35)31(40)37-16-15-25-29(37)23(20-42-26-14-8-12-22-11-7-13-24(34)28(22)26)18-38(25)27(39)17-36-32(41)43-19-21-9-5-4-6-10-21/h4-14,23,25,29-30H,15-20,34-35H2,1-3H3,(H,36,41)/t23-,25-,29-,30?/m1/s1. The molecule has 10 nitrogen and oxygen atoms in total. The Labute approximate surface area is 252 Å². The fraction of sp³-hybridized carbons (Fsp3) is 0.424. The summed E-state index contributed by atoms with van der Waals surface area (Å²) in [5.41, 5.74) is 13.8. The van der Waals surface area contributed by atoms with Gasteiger partial charge < -0.3 is 36.1 Å². The lowest BCUT2D eigenvalue weighted by molar-refractivity contribution is -0.137. The first-order valence-corrected chi connectivity index (χ1v) is 14.7. The van der Waals surface area contributed by atoms with Crippen LogP contribution in [-0.2, 0) is 20.9 Å². The summed E-state index contributed by atoms with van der Waals surface area (Å²) in [6.07, 6.45) is -0.0458. The number of anilines is 1. The number of rotatable bonds is 8. The van der Waals surface area contributed by atoms with Crippen LogP contribution >= 0.6 is 0 Å². The average Bonchev–Trinajstić information content (AvgIpc) is 3.58. The number of carbonyl (C=O) groups is 3. The molecule has 228 valence electrons. The summed E-state index contributed by atoms with van der Waals surface area (Å²) in [4.78, 5) is 43.0. The summed E-state index contributed by atoms with van der Waals surface area (Å²) >= 11 is 0. The molecule has 2 saturated heterocycles. The van der Waals surface area contributed by atoms with Crippen LogP contribution in [0.5, 0.6) is 5.75 Å². The normalized spacial score (nSPS) is 20.5. The van der Waals surface area contributed by atoms with Crippen molar-refractivity contribution in [2.75, 3.05) is 32.0 Å². The zero-order valence-electron chi connectivity index (χ0n) is 25.0. The molecule has 2 aliphatic rings. The van der Waals surface area contributed by atoms with E-state index in [1.54, 1.807) is 4.90 Å². The lowest BCUT2D eigenvalue weighted by atomic mass is 9.86. The number of nitrogens with two attached hydrogens (primary N) is 2. The van der Waals surface area contributed by atoms with Crippen molar-refractivity contribution in [2.45, 2.75) is 51.9 Å². The lowest BCUT2D eigenvalue weighted by Crippen LogP contribution is -2.54. The summed E-state index contributed by atoms with van der Waals surface area (Å²) in [5.74, 6) is 0.120. The monoisotopic (exact) mass is 587 g/mol. The van der Waals surface area contributed by atoms with Gasteiger partial charge in [-0.3, -0.25) is 9.59 Å². The zero-order chi connectivity index (χ0) is 30.7. The van der Waals surface area contributed by atoms with E-state index in [0.29, 0.717) is 30.9 Å². The smallest absolute Gasteiger partial charge is 0.407 e. The van der Waals surface area contributed by atoms with Gasteiger partial charge in [0.25, 0.3) is 0 Å². The molecule has 0 bridgehead atoms. The molecule has 0 radical (unpaired) electrons. The van der Waals surface area contributed by atoms with Gasteiger partial charge in [-0.25, -0.2) is 4.79 Å². The Morgan fingerprint density at radius 2 is 1.72 bits per heavy atom. The molecular weight excluding hydrogens is 546 g/mol. The van der Waals surface area contributed by atoms with Gasteiger partial charge in [0.1, 0.15) is 18.9 Å². The number of likely N-dealkylation sites (tertiary alicyclic amines) is 2. The van der Waals surface area contributed by atoms with Gasteiger partial charge in [-0.1, -0.05) is 75.4 Å². The van der Waals surface area contributed by atoms with E-state index in [1.807, 2.05) is 92.4 Å². The number of nitrogen functional groups attached to an aromatic ring is 1. The minimum atomic E-state index is -0.684. The number of hydrogen-bond donors (Lipinski definition) is 3. The molecule has 0 saturated carbocycles. The number of hydrogen-bond acceptors (Lipinski definition) is 7. The molecule has 3 aromatic rings. The van der Waals surface area contributed by atoms with E-state index in [4.69, 9.17) is 20.9 Å². The molecule has 1 unspecified atom stereocenters. The van der Waals surface area contributed by atoms with E-state index in [1.165, 1.54) is 0 Å². The van der Waals surface area contributed by atoms with Crippen LogP contribution in [0.2, 0.25) is 0 Å². The first-order valence-electron chi connectivity index (χ1n) is 14.7. The molecule has 3 aromatic carbocycles. The number of alkyl carbamates (subject to hydrolysis) is 1. The second-order valence-corrected chi connectivity index (χ2v) is 12.5. The molecule has 0 aromatic heterocycles. The number of ether oxygens (including phenoxy) is 2. The first kappa shape index (κ1) is 30.2. The highest BCUT2D eigenvalue weighted by Crippen LogP contribution is 2.38. The number of amides is 3. The van der Waals surface area contributed by atoms with Crippen molar-refractivity contribution >= 4 is 34.4 Å². The Morgan fingerprint density at radius 1 is 1.00 bits per heavy atom. The predicted octanol–water partition coefficient (Wildman–Crippen LogP) is 3.53. The van der Waals surface area contributed by atoms with Crippen LogP contribution in [0, 0.1) is 11.3 Å². The van der Waals surface area contributed by atoms with Gasteiger partial charge in [0, 0.05) is 30.1 Å². The second kappa shape index (κ2) is 12.5. The number of nitrogens with zero attached hydrogens (tertiary/aromatic N) is 2. The van der Waals surface area contributed by atoms with Gasteiger partial charge in [-0.05, 0) is 34.9 Å². The Balaban J connectivity index is 1.30. The van der Waals surface area contributed by atoms with Crippen molar-refractivity contribution < 1.29 is 23.9 Å². The van der Waals surface area contributed by atoms with Crippen LogP contribution < -0.4 is 21.5 Å². The van der Waals surface area contributed by atoms with Crippen LogP contribution in [-0.4, -0.2) is 72.1 Å². The van der Waals surface area contributed by atoms with E-state index in [-0.39, 0.29) is 49.6 Å². The molecule has 4 atom stereocenters. The van der Waals surface area contributed by atoms with Crippen molar-refractivity contribution in [2.24, 2.45) is 17.1 Å². The molecule has 3 amide bonds. The first-order chi connectivity index (χ1) is 20.5. The van der Waals surface area contributed by atoms with E-state index >= 15 is 0 Å². The van der Waals surface area contributed by atoms with Crippen molar-refractivity contribution in [3.8, 4) is 5.75 Å². The second-order valence-electron chi connectivity index (χ2n) is 12.5. The van der Waals surface area contributed by atoms with Gasteiger partial charge in [0.2, 0.25) is 11.8 Å². The molecule has 2 heterocycles. The lowest BCUT2D eigenvalue weighted by Gasteiger charge is -2.34. The third-order valence-electron chi connectivity index (χ3n) is 8.49. The molecule has 2 fully saturated rings. The van der Waals surface area contributed by atoms with Crippen molar-refractivity contribution in [1.29, 1.82) is 0 Å². The summed E-state index contributed by atoms with van der Waals surface area (Å²) in [6.45, 7) is 6.89. The molecule has 0 spiro atoms. The molecular formula is C33H41N5O5. The maximum absolute atomic E-state index is 13.6. The van der Waals surface area contributed by atoms with E-state index in [2.05, 4.69) is 5.32 Å². The third kappa shape index (κ3) is 6.54. The summed E-state index contributed by atoms with van der Waals surface area (Å²) < 4.78 is 11.6. The summed E-state index contributed by atoms with van der Waals surface area (Å²) in [5, 5.41) is 4.39. The molecule has 5 rings (SSSR count). The maximum Gasteiger partial charge on any atom is 0.407 e. The minimum absolute atomic E-state index is 0.110. The maximum atomic E-state index is 13.6. The fourth-order valence-corrected chi connectivity index (χ4v) is 6.12. The fourth-order valence-electron chi connectivity index (χ4n) is 6.12. The van der Waals surface area contributed by atoms with Gasteiger partial charge in [-0.15, -0.1) is 0 Å². The minimum Gasteiger partial charge on any atom is -0.492 e. The Bertz CT molecular complexity index is 1470. The van der Waals surface area contributed by atoms with Crippen LogP contribution in [0.3, 0.4) is 0 Å². The Kier molecular flexibility index (Phi) is 8.77. The van der Waals surface area contributed by atoms with Gasteiger partial charge in [0.05, 0.1) is 24.7 Å². The Morgan fingerprint density at radius 3 is 2.44 bits per heavy atom. The third-order valence-corrected chi connectivity index (χ3v) is 8.49. The van der Waals surface area contributed by atoms with Gasteiger partial charge >= 0.3 is 6.09 Å². The zero-order valence-corrected chi connectivity index (χ0v) is 25.0. The average molecular weight is 588 g/mol. The van der Waals surface area contributed by atoms with Crippen LogP contribution in [0.4, 0.5) is 10.5 Å². The highest BCUT2D eigenvalue weighted by Gasteiger charge is 2.53. The molecule has 5 N–H and O–H groups in total. The van der Waals surface area contributed by atoms with E-state index in [0.717, 1.165) is 16.3 Å². The SMILES string of the molecule is CC(C)(C)C(N)C(=O)N1CC[C@@H]2[C@H]1[C@@H](COc1cccc3cccc(N)c13)CN2C(=O)CNC(=O)OCc1ccccc1. The predicted molar refractivity (Wildman–Crippen MR) is 165 cm³/mol. The molecule has 0 aliphatic carbocycles. The largest absolute Gasteiger partial charge is 0.492 e. The van der Waals surface area contributed by atoms with Gasteiger partial charge in [-0.2, -0.15) is 0 Å². The van der Waals surface area contributed by atoms with E-state index < -0.39 is 17.6 Å². The summed E-state index contributed by atoms with van der Waals surface area (Å²) in [6, 6.07) is 19.7. The molecule has 2 aliphatic heterocycles. The van der Waals surface area contributed by atoms with Crippen LogP contribution in [0.25, 0.3) is 10.8 Å². The number of carbonyl (C=O) groups excluding carboxylic acids is 3. The highest BCUT2D eigenvalue weighted by atomic mass is 16.5. The molecule has 43 heavy (non-hydrogen) atoms. The quantitative estimate of drug-likeness (QED) is 0.343. The van der Waals surface area contributed by atoms with Crippen LogP contribution in [0.1, 0.15) is 32.8 Å². The number of nitrogens with one attached hydrogen (secondary N) is 1. The number of fused-ring (bicyclic) bond motifs is 2. The summed E-state index contributed by atoms with van der Waals surface area (Å²) in [7, 11) is 0. The topological polar surface area (TPSA) is 140 Å². The van der Waals surface area contributed by atoms with Crippen LogP contribution in [0.15, 0.2) is 66.7 Å². The Hall–Kier alpha value is -4.31.